The molecule has 3 N–H and O–H groups in total. The molecule has 0 aliphatic carbocycles. The van der Waals surface area contributed by atoms with Crippen LogP contribution < -0.4 is 20.5 Å². The number of para-hydroxylation sites is 1. The van der Waals surface area contributed by atoms with E-state index in [0.29, 0.717) is 23.0 Å². The van der Waals surface area contributed by atoms with Gasteiger partial charge in [0.1, 0.15) is 18.2 Å². The SMILES string of the molecule is COc1cccc([C@@H]2Nc3ncnn3C(N)=C2C#N)c1OC. The molecule has 0 radical (unpaired) electrons. The molecule has 0 bridgehead atoms. The quantitative estimate of drug-likeness (QED) is 0.873. The number of benzene rings is 1. The highest BCUT2D eigenvalue weighted by Gasteiger charge is 2.31. The third-order valence-electron chi connectivity index (χ3n) is 3.48. The molecule has 3 rings (SSSR count). The summed E-state index contributed by atoms with van der Waals surface area (Å²) in [6.45, 7) is 0. The first-order valence-corrected chi connectivity index (χ1v) is 6.48. The summed E-state index contributed by atoms with van der Waals surface area (Å²) in [5.74, 6) is 1.82. The van der Waals surface area contributed by atoms with Crippen molar-refractivity contribution in [2.24, 2.45) is 5.73 Å². The summed E-state index contributed by atoms with van der Waals surface area (Å²) in [5.41, 5.74) is 7.11. The maximum absolute atomic E-state index is 9.48. The van der Waals surface area contributed by atoms with Crippen LogP contribution in [-0.4, -0.2) is 29.0 Å². The van der Waals surface area contributed by atoms with Gasteiger partial charge in [-0.25, -0.2) is 0 Å². The summed E-state index contributed by atoms with van der Waals surface area (Å²) in [6.07, 6.45) is 1.37. The largest absolute Gasteiger partial charge is 0.493 e. The van der Waals surface area contributed by atoms with Gasteiger partial charge in [0.25, 0.3) is 0 Å². The lowest BCUT2D eigenvalue weighted by atomic mass is 9.97. The van der Waals surface area contributed by atoms with Crippen molar-refractivity contribution in [3.05, 3.63) is 35.7 Å². The van der Waals surface area contributed by atoms with E-state index in [9.17, 15) is 5.26 Å². The minimum absolute atomic E-state index is 0.239. The maximum Gasteiger partial charge on any atom is 0.228 e. The van der Waals surface area contributed by atoms with Crippen LogP contribution in [0.15, 0.2) is 30.1 Å². The van der Waals surface area contributed by atoms with Crippen molar-refractivity contribution < 1.29 is 9.47 Å². The van der Waals surface area contributed by atoms with Gasteiger partial charge in [0.15, 0.2) is 11.5 Å². The Morgan fingerprint density at radius 3 is 2.86 bits per heavy atom. The van der Waals surface area contributed by atoms with Gasteiger partial charge >= 0.3 is 0 Å². The molecule has 2 aromatic rings. The van der Waals surface area contributed by atoms with E-state index in [1.807, 2.05) is 12.1 Å². The highest BCUT2D eigenvalue weighted by atomic mass is 16.5. The zero-order valence-electron chi connectivity index (χ0n) is 12.1. The molecule has 8 heteroatoms. The zero-order valence-corrected chi connectivity index (χ0v) is 12.1. The lowest BCUT2D eigenvalue weighted by Gasteiger charge is -2.26. The number of anilines is 1. The molecule has 0 amide bonds. The molecule has 0 spiro atoms. The van der Waals surface area contributed by atoms with E-state index in [4.69, 9.17) is 15.2 Å². The molecule has 1 aromatic carbocycles. The van der Waals surface area contributed by atoms with Gasteiger partial charge in [-0.05, 0) is 6.07 Å². The highest BCUT2D eigenvalue weighted by molar-refractivity contribution is 5.67. The first kappa shape index (κ1) is 13.8. The van der Waals surface area contributed by atoms with E-state index in [2.05, 4.69) is 21.5 Å². The molecule has 2 heterocycles. The van der Waals surface area contributed by atoms with Gasteiger partial charge in [0.2, 0.25) is 5.95 Å². The first-order chi connectivity index (χ1) is 10.7. The van der Waals surface area contributed by atoms with E-state index < -0.39 is 6.04 Å². The number of methoxy groups -OCH3 is 2. The van der Waals surface area contributed by atoms with Crippen LogP contribution in [0.1, 0.15) is 11.6 Å². The molecule has 0 fully saturated rings. The van der Waals surface area contributed by atoms with Crippen molar-refractivity contribution in [3.8, 4) is 17.6 Å². The summed E-state index contributed by atoms with van der Waals surface area (Å²) >= 11 is 0. The van der Waals surface area contributed by atoms with E-state index in [-0.39, 0.29) is 5.82 Å². The average molecular weight is 298 g/mol. The van der Waals surface area contributed by atoms with Crippen molar-refractivity contribution >= 4 is 11.8 Å². The van der Waals surface area contributed by atoms with Crippen molar-refractivity contribution in [3.63, 3.8) is 0 Å². The van der Waals surface area contributed by atoms with Crippen LogP contribution in [0.25, 0.3) is 5.82 Å². The molecule has 0 saturated carbocycles. The van der Waals surface area contributed by atoms with E-state index in [1.165, 1.54) is 11.0 Å². The number of rotatable bonds is 3. The zero-order chi connectivity index (χ0) is 15.7. The third kappa shape index (κ3) is 1.91. The normalized spacial score (nSPS) is 16.5. The number of aromatic nitrogens is 3. The Hall–Kier alpha value is -3.21. The first-order valence-electron chi connectivity index (χ1n) is 6.48. The number of hydrogen-bond acceptors (Lipinski definition) is 7. The molecule has 112 valence electrons. The van der Waals surface area contributed by atoms with Crippen LogP contribution in [0.3, 0.4) is 0 Å². The fourth-order valence-electron chi connectivity index (χ4n) is 2.47. The Morgan fingerprint density at radius 2 is 2.18 bits per heavy atom. The van der Waals surface area contributed by atoms with Crippen molar-refractivity contribution in [1.29, 1.82) is 5.26 Å². The van der Waals surface area contributed by atoms with Crippen LogP contribution >= 0.6 is 0 Å². The second-order valence-corrected chi connectivity index (χ2v) is 4.57. The van der Waals surface area contributed by atoms with Gasteiger partial charge in [0.05, 0.1) is 25.8 Å². The monoisotopic (exact) mass is 298 g/mol. The Balaban J connectivity index is 2.18. The van der Waals surface area contributed by atoms with Crippen LogP contribution in [-0.2, 0) is 0 Å². The summed E-state index contributed by atoms with van der Waals surface area (Å²) < 4.78 is 12.1. The lowest BCUT2D eigenvalue weighted by Crippen LogP contribution is -2.27. The number of nitrogens with one attached hydrogen (secondary N) is 1. The second-order valence-electron chi connectivity index (χ2n) is 4.57. The van der Waals surface area contributed by atoms with Crippen LogP contribution in [0.4, 0.5) is 5.95 Å². The summed E-state index contributed by atoms with van der Waals surface area (Å²) in [7, 11) is 3.10. The Morgan fingerprint density at radius 1 is 1.36 bits per heavy atom. The predicted octanol–water partition coefficient (Wildman–Crippen LogP) is 1.11. The third-order valence-corrected chi connectivity index (χ3v) is 3.48. The number of nitrogens with two attached hydrogens (primary N) is 1. The number of nitriles is 1. The average Bonchev–Trinajstić information content (AvgIpc) is 3.02. The Kier molecular flexibility index (Phi) is 3.31. The predicted molar refractivity (Wildman–Crippen MR) is 78.9 cm³/mol. The van der Waals surface area contributed by atoms with Gasteiger partial charge in [0, 0.05) is 5.56 Å². The minimum atomic E-state index is -0.494. The van der Waals surface area contributed by atoms with Crippen molar-refractivity contribution in [2.75, 3.05) is 19.5 Å². The fraction of sp³-hybridized carbons (Fsp3) is 0.214. The van der Waals surface area contributed by atoms with Crippen molar-refractivity contribution in [1.82, 2.24) is 14.8 Å². The van der Waals surface area contributed by atoms with Gasteiger partial charge < -0.3 is 20.5 Å². The fourth-order valence-corrected chi connectivity index (χ4v) is 2.47. The van der Waals surface area contributed by atoms with Gasteiger partial charge in [-0.1, -0.05) is 12.1 Å². The molecule has 0 saturated heterocycles. The van der Waals surface area contributed by atoms with Crippen LogP contribution in [0.5, 0.6) is 11.5 Å². The number of nitrogens with zero attached hydrogens (tertiary/aromatic N) is 4. The van der Waals surface area contributed by atoms with E-state index >= 15 is 0 Å². The van der Waals surface area contributed by atoms with Gasteiger partial charge in [-0.2, -0.15) is 20.0 Å². The Bertz CT molecular complexity index is 789. The van der Waals surface area contributed by atoms with Crippen LogP contribution in [0, 0.1) is 11.3 Å². The number of fused-ring (bicyclic) bond motifs is 1. The van der Waals surface area contributed by atoms with E-state index in [0.717, 1.165) is 5.56 Å². The summed E-state index contributed by atoms with van der Waals surface area (Å²) in [5, 5.41) is 16.6. The minimum Gasteiger partial charge on any atom is -0.493 e. The lowest BCUT2D eigenvalue weighted by molar-refractivity contribution is 0.351. The smallest absolute Gasteiger partial charge is 0.228 e. The van der Waals surface area contributed by atoms with Gasteiger partial charge in [-0.15, -0.1) is 0 Å². The topological polar surface area (TPSA) is 111 Å². The molecular formula is C14H14N6O2. The van der Waals surface area contributed by atoms with E-state index in [1.54, 1.807) is 20.3 Å². The standard InChI is InChI=1S/C14H14N6O2/c1-21-10-5-3-4-8(12(10)22-2)11-9(6-15)13(16)20-14(19-11)17-7-18-20/h3-5,7,11H,16H2,1-2H3,(H,17,18,19)/t11-/m0/s1. The number of hydrogen-bond donors (Lipinski definition) is 2. The van der Waals surface area contributed by atoms with Gasteiger partial charge in [-0.3, -0.25) is 0 Å². The van der Waals surface area contributed by atoms with Crippen molar-refractivity contribution in [2.45, 2.75) is 6.04 Å². The van der Waals surface area contributed by atoms with Crippen LogP contribution in [0.2, 0.25) is 0 Å². The summed E-state index contributed by atoms with van der Waals surface area (Å²) in [6, 6.07) is 7.08. The molecule has 1 aliphatic heterocycles. The molecule has 8 nitrogen and oxygen atoms in total. The summed E-state index contributed by atoms with van der Waals surface area (Å²) in [4.78, 5) is 4.09. The maximum atomic E-state index is 9.48. The molecule has 1 atom stereocenters. The second kappa shape index (κ2) is 5.29. The molecular weight excluding hydrogens is 284 g/mol. The molecule has 22 heavy (non-hydrogen) atoms. The highest BCUT2D eigenvalue weighted by Crippen LogP contribution is 2.40. The number of ether oxygens (including phenoxy) is 2. The molecule has 0 unspecified atom stereocenters. The molecule has 1 aliphatic rings. The molecule has 1 aromatic heterocycles. The Labute approximate surface area is 126 Å².